The summed E-state index contributed by atoms with van der Waals surface area (Å²) in [5, 5.41) is 11.1. The predicted octanol–water partition coefficient (Wildman–Crippen LogP) is 3.44. The van der Waals surface area contributed by atoms with Crippen molar-refractivity contribution in [3.05, 3.63) is 47.5 Å². The van der Waals surface area contributed by atoms with Crippen molar-refractivity contribution in [2.45, 2.75) is 50.5 Å². The average Bonchev–Trinajstić information content (AvgIpc) is 2.87. The minimum Gasteiger partial charge on any atom is -0.456 e. The molecule has 8 heteroatoms. The zero-order valence-electron chi connectivity index (χ0n) is 19.2. The van der Waals surface area contributed by atoms with Gasteiger partial charge in [0, 0.05) is 36.5 Å². The first-order chi connectivity index (χ1) is 16.4. The van der Waals surface area contributed by atoms with Crippen LogP contribution in [0.2, 0.25) is 0 Å². The van der Waals surface area contributed by atoms with E-state index < -0.39 is 24.0 Å². The van der Waals surface area contributed by atoms with Gasteiger partial charge in [-0.15, -0.1) is 0 Å². The first-order valence-electron chi connectivity index (χ1n) is 11.6. The third kappa shape index (κ3) is 4.26. The maximum absolute atomic E-state index is 12.9. The second-order valence-electron chi connectivity index (χ2n) is 8.89. The lowest BCUT2D eigenvalue weighted by molar-refractivity contribution is -0.153. The molecule has 0 saturated heterocycles. The van der Waals surface area contributed by atoms with Gasteiger partial charge in [0.25, 0.3) is 17.7 Å². The van der Waals surface area contributed by atoms with Crippen molar-refractivity contribution >= 4 is 34.5 Å². The Kier molecular flexibility index (Phi) is 6.64. The second kappa shape index (κ2) is 9.64. The number of rotatable bonds is 7. The number of carbonyl (C=O) groups is 4. The molecule has 0 aromatic heterocycles. The summed E-state index contributed by atoms with van der Waals surface area (Å²) in [5.74, 6) is -1.76. The summed E-state index contributed by atoms with van der Waals surface area (Å²) >= 11 is 0. The van der Waals surface area contributed by atoms with Gasteiger partial charge >= 0.3 is 5.97 Å². The van der Waals surface area contributed by atoms with E-state index >= 15 is 0 Å². The van der Waals surface area contributed by atoms with Gasteiger partial charge in [-0.2, -0.15) is 5.26 Å². The van der Waals surface area contributed by atoms with Crippen LogP contribution in [-0.2, 0) is 14.3 Å². The molecule has 1 saturated carbocycles. The molecule has 176 valence electrons. The van der Waals surface area contributed by atoms with Gasteiger partial charge in [0.15, 0.2) is 6.61 Å². The van der Waals surface area contributed by atoms with Crippen LogP contribution in [0.25, 0.3) is 10.8 Å². The van der Waals surface area contributed by atoms with Gasteiger partial charge in [0.2, 0.25) is 0 Å². The quantitative estimate of drug-likeness (QED) is 0.462. The number of nitriles is 1. The molecule has 0 atom stereocenters. The number of carbonyl (C=O) groups excluding carboxylic acids is 4. The molecule has 1 heterocycles. The van der Waals surface area contributed by atoms with Gasteiger partial charge in [0.1, 0.15) is 5.54 Å². The number of ether oxygens (including phenoxy) is 1. The Labute approximate surface area is 198 Å². The van der Waals surface area contributed by atoms with Gasteiger partial charge < -0.3 is 9.64 Å². The number of hydrogen-bond acceptors (Lipinski definition) is 6. The van der Waals surface area contributed by atoms with Crippen LogP contribution in [-0.4, -0.2) is 59.2 Å². The van der Waals surface area contributed by atoms with Gasteiger partial charge in [-0.1, -0.05) is 43.5 Å². The maximum Gasteiger partial charge on any atom is 0.306 e. The number of nitrogens with zero attached hydrogens (tertiary/aromatic N) is 3. The van der Waals surface area contributed by atoms with E-state index in [1.807, 2.05) is 12.1 Å². The first-order valence-corrected chi connectivity index (χ1v) is 11.6. The fraction of sp³-hybridized carbons (Fsp3) is 0.423. The topological polar surface area (TPSA) is 108 Å². The van der Waals surface area contributed by atoms with Crippen molar-refractivity contribution in [2.24, 2.45) is 0 Å². The van der Waals surface area contributed by atoms with Crippen molar-refractivity contribution in [3.63, 3.8) is 0 Å². The Hall–Kier alpha value is -3.73. The molecule has 0 N–H and O–H groups in total. The molecule has 1 aliphatic carbocycles. The summed E-state index contributed by atoms with van der Waals surface area (Å²) in [6.45, 7) is -0.363. The van der Waals surface area contributed by atoms with Crippen molar-refractivity contribution in [3.8, 4) is 6.07 Å². The number of hydrogen-bond donors (Lipinski definition) is 0. The molecular weight excluding hydrogens is 434 g/mol. The maximum atomic E-state index is 12.9. The smallest absolute Gasteiger partial charge is 0.306 e. The van der Waals surface area contributed by atoms with Crippen LogP contribution < -0.4 is 0 Å². The number of amides is 3. The summed E-state index contributed by atoms with van der Waals surface area (Å²) in [5.41, 5.74) is 0.103. The van der Waals surface area contributed by atoms with Gasteiger partial charge in [-0.05, 0) is 36.8 Å². The molecule has 0 unspecified atom stereocenters. The van der Waals surface area contributed by atoms with E-state index in [0.717, 1.165) is 29.5 Å². The minimum absolute atomic E-state index is 0.0384. The number of likely N-dealkylation sites (N-methyl/N-ethyl adjacent to an activating group) is 1. The second-order valence-corrected chi connectivity index (χ2v) is 8.89. The van der Waals surface area contributed by atoms with E-state index in [1.54, 1.807) is 31.3 Å². The van der Waals surface area contributed by atoms with Crippen LogP contribution in [0.5, 0.6) is 0 Å². The lowest BCUT2D eigenvalue weighted by Gasteiger charge is -2.38. The Morgan fingerprint density at radius 1 is 1.06 bits per heavy atom. The molecule has 1 fully saturated rings. The molecule has 2 aliphatic rings. The minimum atomic E-state index is -0.837. The molecule has 4 rings (SSSR count). The number of imide groups is 1. The van der Waals surface area contributed by atoms with Crippen molar-refractivity contribution < 1.29 is 23.9 Å². The van der Waals surface area contributed by atoms with Gasteiger partial charge in [-0.25, -0.2) is 0 Å². The fourth-order valence-electron chi connectivity index (χ4n) is 4.87. The molecule has 0 radical (unpaired) electrons. The SMILES string of the molecule is CN(C(=O)COC(=O)CCCN1C(=O)c2cccc3cccc(c23)C1=O)C1(C#N)CCCCC1. The largest absolute Gasteiger partial charge is 0.456 e. The Balaban J connectivity index is 1.30. The average molecular weight is 462 g/mol. The van der Waals surface area contributed by atoms with Gasteiger partial charge in [-0.3, -0.25) is 24.1 Å². The van der Waals surface area contributed by atoms with Crippen LogP contribution in [0.4, 0.5) is 0 Å². The van der Waals surface area contributed by atoms with Crippen LogP contribution in [0, 0.1) is 11.3 Å². The third-order valence-electron chi connectivity index (χ3n) is 6.88. The first kappa shape index (κ1) is 23.4. The molecule has 8 nitrogen and oxygen atoms in total. The zero-order chi connectivity index (χ0) is 24.3. The Morgan fingerprint density at radius 2 is 1.68 bits per heavy atom. The normalized spacial score (nSPS) is 16.8. The summed E-state index contributed by atoms with van der Waals surface area (Å²) in [4.78, 5) is 53.1. The molecule has 0 bridgehead atoms. The molecule has 3 amide bonds. The zero-order valence-corrected chi connectivity index (χ0v) is 19.2. The summed E-state index contributed by atoms with van der Waals surface area (Å²) < 4.78 is 5.12. The highest BCUT2D eigenvalue weighted by atomic mass is 16.5. The standard InChI is InChI=1S/C26H27N3O5/c1-28(26(17-27)13-3-2-4-14-26)21(30)16-34-22(31)12-7-15-29-24(32)19-10-5-8-18-9-6-11-20(23(18)19)25(29)33/h5-6,8-11H,2-4,7,12-16H2,1H3. The number of esters is 1. The predicted molar refractivity (Wildman–Crippen MR) is 124 cm³/mol. The summed E-state index contributed by atoms with van der Waals surface area (Å²) in [6, 6.07) is 13.0. The van der Waals surface area contributed by atoms with E-state index in [9.17, 15) is 24.4 Å². The molecule has 2 aromatic rings. The van der Waals surface area contributed by atoms with Crippen molar-refractivity contribution in [2.75, 3.05) is 20.2 Å². The van der Waals surface area contributed by atoms with Crippen LogP contribution in [0.15, 0.2) is 36.4 Å². The van der Waals surface area contributed by atoms with E-state index in [2.05, 4.69) is 6.07 Å². The molecule has 1 aliphatic heterocycles. The van der Waals surface area contributed by atoms with E-state index in [0.29, 0.717) is 29.4 Å². The number of benzene rings is 2. The lowest BCUT2D eigenvalue weighted by Crippen LogP contribution is -2.51. The van der Waals surface area contributed by atoms with Crippen LogP contribution >= 0.6 is 0 Å². The van der Waals surface area contributed by atoms with E-state index in [-0.39, 0.29) is 31.2 Å². The monoisotopic (exact) mass is 461 g/mol. The molecule has 2 aromatic carbocycles. The lowest BCUT2D eigenvalue weighted by atomic mass is 9.81. The molecule has 0 spiro atoms. The highest BCUT2D eigenvalue weighted by Gasteiger charge is 2.39. The Bertz CT molecular complexity index is 1140. The molecular formula is C26H27N3O5. The van der Waals surface area contributed by atoms with Crippen LogP contribution in [0.3, 0.4) is 0 Å². The molecule has 34 heavy (non-hydrogen) atoms. The van der Waals surface area contributed by atoms with Crippen LogP contribution in [0.1, 0.15) is 65.7 Å². The van der Waals surface area contributed by atoms with E-state index in [4.69, 9.17) is 4.74 Å². The fourth-order valence-corrected chi connectivity index (χ4v) is 4.87. The highest BCUT2D eigenvalue weighted by Crippen LogP contribution is 2.32. The highest BCUT2D eigenvalue weighted by molar-refractivity contribution is 6.25. The summed E-state index contributed by atoms with van der Waals surface area (Å²) in [6.07, 6.45) is 4.24. The van der Waals surface area contributed by atoms with Gasteiger partial charge in [0.05, 0.1) is 6.07 Å². The summed E-state index contributed by atoms with van der Waals surface area (Å²) in [7, 11) is 1.58. The van der Waals surface area contributed by atoms with Crippen molar-refractivity contribution in [1.82, 2.24) is 9.80 Å². The third-order valence-corrected chi connectivity index (χ3v) is 6.88. The van der Waals surface area contributed by atoms with Crippen molar-refractivity contribution in [1.29, 1.82) is 5.26 Å². The Morgan fingerprint density at radius 3 is 2.26 bits per heavy atom. The van der Waals surface area contributed by atoms with E-state index in [1.165, 1.54) is 4.90 Å².